The molecule has 1 atom stereocenters. The number of para-hydroxylation sites is 1. The molecule has 2 aromatic carbocycles. The summed E-state index contributed by atoms with van der Waals surface area (Å²) in [7, 11) is 0. The fourth-order valence-electron chi connectivity index (χ4n) is 2.39. The van der Waals surface area contributed by atoms with E-state index in [2.05, 4.69) is 4.99 Å². The van der Waals surface area contributed by atoms with Crippen molar-refractivity contribution in [2.45, 2.75) is 12.3 Å². The van der Waals surface area contributed by atoms with E-state index in [9.17, 15) is 9.59 Å². The summed E-state index contributed by atoms with van der Waals surface area (Å²) in [5.74, 6) is -1.00. The van der Waals surface area contributed by atoms with Crippen LogP contribution in [0.2, 0.25) is 5.02 Å². The first-order chi connectivity index (χ1) is 11.0. The van der Waals surface area contributed by atoms with Gasteiger partial charge in [-0.05, 0) is 36.8 Å². The van der Waals surface area contributed by atoms with E-state index >= 15 is 0 Å². The maximum absolute atomic E-state index is 12.6. The number of carbonyl (C=O) groups excluding carboxylic acids is 2. The van der Waals surface area contributed by atoms with E-state index in [1.807, 2.05) is 19.1 Å². The van der Waals surface area contributed by atoms with Crippen LogP contribution in [-0.4, -0.2) is 22.9 Å². The Labute approximate surface area is 143 Å². The summed E-state index contributed by atoms with van der Waals surface area (Å²) in [6, 6.07) is 13.8. The van der Waals surface area contributed by atoms with Crippen molar-refractivity contribution < 1.29 is 9.59 Å². The Balaban J connectivity index is 2.04. The summed E-state index contributed by atoms with van der Waals surface area (Å²) in [5.41, 5.74) is 1.81. The fraction of sp³-hybridized carbons (Fsp3) is 0.118. The summed E-state index contributed by atoms with van der Waals surface area (Å²) in [4.78, 5) is 30.3. The van der Waals surface area contributed by atoms with E-state index in [0.29, 0.717) is 16.4 Å². The van der Waals surface area contributed by atoms with Crippen LogP contribution in [0.25, 0.3) is 0 Å². The SMILES string of the molecule is Cc1ccccc1N1C(=O)C(=Nc2cccc(Cl)c2)C(Cl)C1=O. The largest absolute Gasteiger partial charge is 0.281 e. The molecule has 1 aliphatic rings. The van der Waals surface area contributed by atoms with Crippen LogP contribution in [0.4, 0.5) is 11.4 Å². The average Bonchev–Trinajstić information content (AvgIpc) is 2.72. The van der Waals surface area contributed by atoms with Crippen molar-refractivity contribution in [1.29, 1.82) is 0 Å². The molecule has 1 heterocycles. The minimum Gasteiger partial charge on any atom is -0.272 e. The molecule has 1 unspecified atom stereocenters. The van der Waals surface area contributed by atoms with Crippen molar-refractivity contribution in [1.82, 2.24) is 0 Å². The lowest BCUT2D eigenvalue weighted by Gasteiger charge is -2.15. The summed E-state index contributed by atoms with van der Waals surface area (Å²) in [6.07, 6.45) is 0. The van der Waals surface area contributed by atoms with Crippen LogP contribution in [0.15, 0.2) is 53.5 Å². The molecule has 4 nitrogen and oxygen atoms in total. The number of carbonyl (C=O) groups is 2. The second-order valence-corrected chi connectivity index (χ2v) is 5.98. The van der Waals surface area contributed by atoms with Gasteiger partial charge in [0, 0.05) is 5.02 Å². The van der Waals surface area contributed by atoms with Crippen molar-refractivity contribution in [3.05, 3.63) is 59.1 Å². The lowest BCUT2D eigenvalue weighted by Crippen LogP contribution is -2.31. The molecule has 0 bridgehead atoms. The van der Waals surface area contributed by atoms with E-state index in [4.69, 9.17) is 23.2 Å². The monoisotopic (exact) mass is 346 g/mol. The molecule has 1 aliphatic heterocycles. The smallest absolute Gasteiger partial charge is 0.272 e. The Hall–Kier alpha value is -2.17. The molecule has 2 amide bonds. The molecule has 23 heavy (non-hydrogen) atoms. The van der Waals surface area contributed by atoms with Gasteiger partial charge in [-0.1, -0.05) is 35.9 Å². The average molecular weight is 347 g/mol. The zero-order chi connectivity index (χ0) is 16.6. The second-order valence-electron chi connectivity index (χ2n) is 5.10. The summed E-state index contributed by atoms with van der Waals surface area (Å²) in [6.45, 7) is 1.82. The van der Waals surface area contributed by atoms with Crippen LogP contribution in [0.1, 0.15) is 5.56 Å². The van der Waals surface area contributed by atoms with Crippen LogP contribution in [0.5, 0.6) is 0 Å². The lowest BCUT2D eigenvalue weighted by molar-refractivity contribution is -0.120. The highest BCUT2D eigenvalue weighted by Crippen LogP contribution is 2.29. The zero-order valence-corrected chi connectivity index (χ0v) is 13.7. The highest BCUT2D eigenvalue weighted by atomic mass is 35.5. The van der Waals surface area contributed by atoms with Crippen LogP contribution in [-0.2, 0) is 9.59 Å². The molecule has 2 aromatic rings. The number of nitrogens with zero attached hydrogens (tertiary/aromatic N) is 2. The van der Waals surface area contributed by atoms with E-state index in [0.717, 1.165) is 10.5 Å². The summed E-state index contributed by atoms with van der Waals surface area (Å²) in [5, 5.41) is -0.619. The van der Waals surface area contributed by atoms with Crippen LogP contribution in [0.3, 0.4) is 0 Å². The number of hydrogen-bond donors (Lipinski definition) is 0. The minimum absolute atomic E-state index is 0.00202. The van der Waals surface area contributed by atoms with Gasteiger partial charge >= 0.3 is 0 Å². The fourth-order valence-corrected chi connectivity index (χ4v) is 2.81. The number of halogens is 2. The quantitative estimate of drug-likeness (QED) is 0.611. The molecule has 1 fully saturated rings. The Morgan fingerprint density at radius 3 is 2.52 bits per heavy atom. The van der Waals surface area contributed by atoms with E-state index in [-0.39, 0.29) is 5.71 Å². The first kappa shape index (κ1) is 15.7. The number of amides is 2. The number of rotatable bonds is 2. The van der Waals surface area contributed by atoms with Gasteiger partial charge in [0.05, 0.1) is 11.4 Å². The molecular formula is C17H12Cl2N2O2. The van der Waals surface area contributed by atoms with E-state index in [1.165, 1.54) is 0 Å². The normalized spacial score (nSPS) is 19.7. The van der Waals surface area contributed by atoms with Crippen LogP contribution >= 0.6 is 23.2 Å². The molecule has 0 saturated carbocycles. The van der Waals surface area contributed by atoms with Gasteiger partial charge in [-0.2, -0.15) is 0 Å². The first-order valence-electron chi connectivity index (χ1n) is 6.91. The minimum atomic E-state index is -1.11. The molecule has 116 valence electrons. The Bertz CT molecular complexity index is 833. The van der Waals surface area contributed by atoms with Gasteiger partial charge in [-0.3, -0.25) is 9.59 Å². The molecular weight excluding hydrogens is 335 g/mol. The summed E-state index contributed by atoms with van der Waals surface area (Å²) < 4.78 is 0. The van der Waals surface area contributed by atoms with Gasteiger partial charge in [0.2, 0.25) is 0 Å². The standard InChI is InChI=1S/C17H12Cl2N2O2/c1-10-5-2-3-8-13(10)21-16(22)14(19)15(17(21)23)20-12-7-4-6-11(18)9-12/h2-9,14H,1H3. The van der Waals surface area contributed by atoms with Crippen molar-refractivity contribution in [2.24, 2.45) is 4.99 Å². The predicted molar refractivity (Wildman–Crippen MR) is 91.9 cm³/mol. The van der Waals surface area contributed by atoms with Crippen molar-refractivity contribution >= 4 is 52.1 Å². The molecule has 6 heteroatoms. The van der Waals surface area contributed by atoms with Crippen LogP contribution in [0, 0.1) is 6.92 Å². The third kappa shape index (κ3) is 2.87. The van der Waals surface area contributed by atoms with Gasteiger partial charge in [0.1, 0.15) is 5.71 Å². The number of alkyl halides is 1. The Kier molecular flexibility index (Phi) is 4.20. The molecule has 0 spiro atoms. The second kappa shape index (κ2) is 6.14. The number of aliphatic imine (C=N–C) groups is 1. The molecule has 3 rings (SSSR count). The molecule has 0 N–H and O–H groups in total. The zero-order valence-electron chi connectivity index (χ0n) is 12.2. The molecule has 0 aliphatic carbocycles. The molecule has 0 radical (unpaired) electrons. The van der Waals surface area contributed by atoms with Crippen molar-refractivity contribution in [3.63, 3.8) is 0 Å². The number of aryl methyl sites for hydroxylation is 1. The van der Waals surface area contributed by atoms with Gasteiger partial charge in [-0.25, -0.2) is 9.89 Å². The van der Waals surface area contributed by atoms with Gasteiger partial charge in [-0.15, -0.1) is 11.6 Å². The summed E-state index contributed by atoms with van der Waals surface area (Å²) >= 11 is 12.0. The highest BCUT2D eigenvalue weighted by molar-refractivity contribution is 6.68. The van der Waals surface area contributed by atoms with Gasteiger partial charge in [0.15, 0.2) is 5.38 Å². The van der Waals surface area contributed by atoms with E-state index in [1.54, 1.807) is 36.4 Å². The van der Waals surface area contributed by atoms with Crippen molar-refractivity contribution in [3.8, 4) is 0 Å². The highest BCUT2D eigenvalue weighted by Gasteiger charge is 2.45. The van der Waals surface area contributed by atoms with Gasteiger partial charge in [0.25, 0.3) is 11.8 Å². The maximum Gasteiger partial charge on any atom is 0.281 e. The third-order valence-electron chi connectivity index (χ3n) is 3.51. The van der Waals surface area contributed by atoms with Gasteiger partial charge < -0.3 is 0 Å². The number of hydrogen-bond acceptors (Lipinski definition) is 3. The predicted octanol–water partition coefficient (Wildman–Crippen LogP) is 3.90. The third-order valence-corrected chi connectivity index (χ3v) is 4.14. The van der Waals surface area contributed by atoms with Crippen molar-refractivity contribution in [2.75, 3.05) is 4.90 Å². The number of imide groups is 1. The Morgan fingerprint density at radius 2 is 1.83 bits per heavy atom. The Morgan fingerprint density at radius 1 is 1.09 bits per heavy atom. The molecule has 0 aromatic heterocycles. The first-order valence-corrected chi connectivity index (χ1v) is 7.72. The lowest BCUT2D eigenvalue weighted by atomic mass is 10.2. The number of benzene rings is 2. The molecule has 1 saturated heterocycles. The number of anilines is 1. The van der Waals surface area contributed by atoms with E-state index < -0.39 is 17.2 Å². The maximum atomic E-state index is 12.6. The van der Waals surface area contributed by atoms with Crippen LogP contribution < -0.4 is 4.90 Å². The topological polar surface area (TPSA) is 49.7 Å².